The van der Waals surface area contributed by atoms with E-state index in [1.165, 1.54) is 0 Å². The number of aryl methyl sites for hydroxylation is 2. The SMILES string of the molecule is Cc1ccccc1C(=O)n1c(C)nc2ccccc2c1=O. The van der Waals surface area contributed by atoms with E-state index in [-0.39, 0.29) is 11.5 Å². The van der Waals surface area contributed by atoms with E-state index >= 15 is 0 Å². The fourth-order valence-corrected chi connectivity index (χ4v) is 2.42. The van der Waals surface area contributed by atoms with E-state index in [1.54, 1.807) is 37.3 Å². The molecule has 0 N–H and O–H groups in total. The summed E-state index contributed by atoms with van der Waals surface area (Å²) < 4.78 is 1.14. The van der Waals surface area contributed by atoms with Crippen LogP contribution in [0.15, 0.2) is 53.3 Å². The number of nitrogens with zero attached hydrogens (tertiary/aromatic N) is 2. The molecular formula is C17H14N2O2. The van der Waals surface area contributed by atoms with Crippen LogP contribution < -0.4 is 5.56 Å². The molecule has 0 fully saturated rings. The van der Waals surface area contributed by atoms with Crippen LogP contribution in [-0.2, 0) is 0 Å². The number of rotatable bonds is 1. The molecule has 0 aliphatic rings. The molecule has 0 aliphatic carbocycles. The van der Waals surface area contributed by atoms with Gasteiger partial charge in [-0.15, -0.1) is 0 Å². The van der Waals surface area contributed by atoms with Crippen molar-refractivity contribution >= 4 is 16.8 Å². The van der Waals surface area contributed by atoms with Crippen molar-refractivity contribution in [3.8, 4) is 0 Å². The first kappa shape index (κ1) is 13.2. The lowest BCUT2D eigenvalue weighted by Crippen LogP contribution is -2.30. The van der Waals surface area contributed by atoms with E-state index in [4.69, 9.17) is 0 Å². The summed E-state index contributed by atoms with van der Waals surface area (Å²) in [7, 11) is 0. The summed E-state index contributed by atoms with van der Waals surface area (Å²) in [4.78, 5) is 29.6. The van der Waals surface area contributed by atoms with Gasteiger partial charge < -0.3 is 0 Å². The number of carbonyl (C=O) groups excluding carboxylic acids is 1. The molecule has 0 amide bonds. The van der Waals surface area contributed by atoms with Crippen LogP contribution in [0, 0.1) is 13.8 Å². The lowest BCUT2D eigenvalue weighted by atomic mass is 10.1. The van der Waals surface area contributed by atoms with Crippen LogP contribution in [0.5, 0.6) is 0 Å². The second kappa shape index (κ2) is 4.98. The topological polar surface area (TPSA) is 52.0 Å². The molecule has 4 heteroatoms. The van der Waals surface area contributed by atoms with Gasteiger partial charge in [0.15, 0.2) is 0 Å². The Hall–Kier alpha value is -2.75. The summed E-state index contributed by atoms with van der Waals surface area (Å²) in [5, 5.41) is 0.449. The van der Waals surface area contributed by atoms with Crippen LogP contribution in [0.2, 0.25) is 0 Å². The van der Waals surface area contributed by atoms with Crippen molar-refractivity contribution in [3.63, 3.8) is 0 Å². The molecule has 2 aromatic carbocycles. The Labute approximate surface area is 121 Å². The smallest absolute Gasteiger partial charge is 0.268 e. The van der Waals surface area contributed by atoms with Gasteiger partial charge in [0.1, 0.15) is 5.82 Å². The quantitative estimate of drug-likeness (QED) is 0.687. The first-order chi connectivity index (χ1) is 10.1. The number of para-hydroxylation sites is 1. The minimum Gasteiger partial charge on any atom is -0.268 e. The van der Waals surface area contributed by atoms with Crippen molar-refractivity contribution in [2.24, 2.45) is 0 Å². The number of aromatic nitrogens is 2. The van der Waals surface area contributed by atoms with Crippen molar-refractivity contribution in [1.82, 2.24) is 9.55 Å². The highest BCUT2D eigenvalue weighted by Crippen LogP contribution is 2.12. The lowest BCUT2D eigenvalue weighted by Gasteiger charge is -2.10. The van der Waals surface area contributed by atoms with Crippen molar-refractivity contribution in [1.29, 1.82) is 0 Å². The van der Waals surface area contributed by atoms with Crippen LogP contribution in [0.25, 0.3) is 10.9 Å². The van der Waals surface area contributed by atoms with Gasteiger partial charge in [-0.25, -0.2) is 9.55 Å². The zero-order valence-electron chi connectivity index (χ0n) is 11.8. The van der Waals surface area contributed by atoms with Crippen LogP contribution in [-0.4, -0.2) is 15.5 Å². The van der Waals surface area contributed by atoms with Gasteiger partial charge in [0.05, 0.1) is 10.9 Å². The summed E-state index contributed by atoms with van der Waals surface area (Å²) in [6.07, 6.45) is 0. The van der Waals surface area contributed by atoms with Crippen molar-refractivity contribution in [2.75, 3.05) is 0 Å². The zero-order chi connectivity index (χ0) is 15.0. The van der Waals surface area contributed by atoms with E-state index in [9.17, 15) is 9.59 Å². The maximum absolute atomic E-state index is 12.7. The van der Waals surface area contributed by atoms with E-state index in [0.29, 0.717) is 22.3 Å². The van der Waals surface area contributed by atoms with Gasteiger partial charge in [0, 0.05) is 5.56 Å². The standard InChI is InChI=1S/C17H14N2O2/c1-11-7-3-4-8-13(11)16(20)19-12(2)18-15-10-6-5-9-14(15)17(19)21/h3-10H,1-2H3. The maximum Gasteiger partial charge on any atom is 0.268 e. The van der Waals surface area contributed by atoms with Gasteiger partial charge in [0.25, 0.3) is 11.5 Å². The van der Waals surface area contributed by atoms with Crippen LogP contribution >= 0.6 is 0 Å². The summed E-state index contributed by atoms with van der Waals surface area (Å²) in [5.41, 5.74) is 1.63. The number of carbonyl (C=O) groups is 1. The molecular weight excluding hydrogens is 264 g/mol. The molecule has 1 aromatic heterocycles. The molecule has 0 atom stereocenters. The molecule has 0 aliphatic heterocycles. The molecule has 1 heterocycles. The van der Waals surface area contributed by atoms with Crippen molar-refractivity contribution in [3.05, 3.63) is 75.8 Å². The van der Waals surface area contributed by atoms with E-state index in [0.717, 1.165) is 10.1 Å². The predicted octanol–water partition coefficient (Wildman–Crippen LogP) is 2.70. The summed E-state index contributed by atoms with van der Waals surface area (Å²) in [5.74, 6) is 0.0563. The molecule has 0 saturated heterocycles. The zero-order valence-corrected chi connectivity index (χ0v) is 11.8. The Morgan fingerprint density at radius 1 is 1.00 bits per heavy atom. The molecule has 0 saturated carbocycles. The summed E-state index contributed by atoms with van der Waals surface area (Å²) >= 11 is 0. The normalized spacial score (nSPS) is 10.8. The number of fused-ring (bicyclic) bond motifs is 1. The van der Waals surface area contributed by atoms with E-state index in [2.05, 4.69) is 4.98 Å². The molecule has 0 unspecified atom stereocenters. The Balaban J connectivity index is 2.28. The van der Waals surface area contributed by atoms with Gasteiger partial charge in [-0.05, 0) is 37.6 Å². The van der Waals surface area contributed by atoms with Crippen LogP contribution in [0.4, 0.5) is 0 Å². The highest BCUT2D eigenvalue weighted by atomic mass is 16.2. The van der Waals surface area contributed by atoms with Gasteiger partial charge in [-0.1, -0.05) is 30.3 Å². The first-order valence-electron chi connectivity index (χ1n) is 6.68. The molecule has 3 aromatic rings. The predicted molar refractivity (Wildman–Crippen MR) is 81.6 cm³/mol. The fraction of sp³-hybridized carbons (Fsp3) is 0.118. The Kier molecular flexibility index (Phi) is 3.14. The Morgan fingerprint density at radius 2 is 1.67 bits per heavy atom. The third kappa shape index (κ3) is 2.14. The Bertz CT molecular complexity index is 910. The van der Waals surface area contributed by atoms with Crippen LogP contribution in [0.1, 0.15) is 21.7 Å². The number of hydrogen-bond acceptors (Lipinski definition) is 3. The minimum atomic E-state index is -0.339. The lowest BCUT2D eigenvalue weighted by molar-refractivity contribution is 0.0952. The average molecular weight is 278 g/mol. The monoisotopic (exact) mass is 278 g/mol. The Morgan fingerprint density at radius 3 is 2.43 bits per heavy atom. The molecule has 0 bridgehead atoms. The molecule has 0 spiro atoms. The van der Waals surface area contributed by atoms with E-state index in [1.807, 2.05) is 25.1 Å². The highest BCUT2D eigenvalue weighted by molar-refractivity contribution is 5.98. The third-order valence-corrected chi connectivity index (χ3v) is 3.52. The van der Waals surface area contributed by atoms with E-state index < -0.39 is 0 Å². The van der Waals surface area contributed by atoms with Crippen LogP contribution in [0.3, 0.4) is 0 Å². The van der Waals surface area contributed by atoms with Gasteiger partial charge >= 0.3 is 0 Å². The van der Waals surface area contributed by atoms with Gasteiger partial charge in [-0.2, -0.15) is 0 Å². The second-order valence-corrected chi connectivity index (χ2v) is 4.94. The average Bonchev–Trinajstić information content (AvgIpc) is 2.47. The van der Waals surface area contributed by atoms with Gasteiger partial charge in [-0.3, -0.25) is 9.59 Å². The molecule has 0 radical (unpaired) electrons. The molecule has 104 valence electrons. The summed E-state index contributed by atoms with van der Waals surface area (Å²) in [6, 6.07) is 14.3. The number of benzene rings is 2. The largest absolute Gasteiger partial charge is 0.268 e. The highest BCUT2D eigenvalue weighted by Gasteiger charge is 2.17. The molecule has 3 rings (SSSR count). The van der Waals surface area contributed by atoms with Crippen molar-refractivity contribution < 1.29 is 4.79 Å². The first-order valence-corrected chi connectivity index (χ1v) is 6.68. The molecule has 4 nitrogen and oxygen atoms in total. The fourth-order valence-electron chi connectivity index (χ4n) is 2.42. The maximum atomic E-state index is 12.7. The number of hydrogen-bond donors (Lipinski definition) is 0. The molecule has 21 heavy (non-hydrogen) atoms. The van der Waals surface area contributed by atoms with Gasteiger partial charge in [0.2, 0.25) is 0 Å². The minimum absolute atomic E-state index is 0.327. The second-order valence-electron chi connectivity index (χ2n) is 4.94. The van der Waals surface area contributed by atoms with Crippen molar-refractivity contribution in [2.45, 2.75) is 13.8 Å². The third-order valence-electron chi connectivity index (χ3n) is 3.52. The summed E-state index contributed by atoms with van der Waals surface area (Å²) in [6.45, 7) is 3.52.